The lowest BCUT2D eigenvalue weighted by molar-refractivity contribution is 0.270. The van der Waals surface area contributed by atoms with Gasteiger partial charge in [0.1, 0.15) is 12.4 Å². The van der Waals surface area contributed by atoms with Crippen LogP contribution in [-0.2, 0) is 6.61 Å². The molecule has 21 heavy (non-hydrogen) atoms. The van der Waals surface area contributed by atoms with E-state index in [0.717, 1.165) is 5.52 Å². The van der Waals surface area contributed by atoms with E-state index in [1.165, 1.54) is 19.2 Å². The molecule has 0 unspecified atom stereocenters. The number of nitrogen functional groups attached to an aromatic ring is 1. The summed E-state index contributed by atoms with van der Waals surface area (Å²) in [6.07, 6.45) is 0. The van der Waals surface area contributed by atoms with E-state index in [1.807, 2.05) is 0 Å². The minimum Gasteiger partial charge on any atom is -0.494 e. The van der Waals surface area contributed by atoms with Crippen molar-refractivity contribution in [1.82, 2.24) is 9.55 Å². The Labute approximate surface area is 120 Å². The third-order valence-corrected chi connectivity index (χ3v) is 3.28. The summed E-state index contributed by atoms with van der Waals surface area (Å²) >= 11 is 0. The van der Waals surface area contributed by atoms with Gasteiger partial charge in [0.25, 0.3) is 0 Å². The Morgan fingerprint density at radius 3 is 2.76 bits per heavy atom. The van der Waals surface area contributed by atoms with E-state index in [0.29, 0.717) is 22.7 Å². The zero-order valence-electron chi connectivity index (χ0n) is 11.4. The van der Waals surface area contributed by atoms with Crippen molar-refractivity contribution in [2.24, 2.45) is 0 Å². The van der Waals surface area contributed by atoms with Gasteiger partial charge in [0.2, 0.25) is 0 Å². The molecule has 0 saturated carbocycles. The molecule has 0 aliphatic carbocycles. The number of hydrogen-bond donors (Lipinski definition) is 2. The highest BCUT2D eigenvalue weighted by Crippen LogP contribution is 2.26. The minimum atomic E-state index is -0.476. The maximum Gasteiger partial charge on any atom is 0.167 e. The highest BCUT2D eigenvalue weighted by molar-refractivity contribution is 5.81. The van der Waals surface area contributed by atoms with Crippen LogP contribution in [0.3, 0.4) is 0 Å². The summed E-state index contributed by atoms with van der Waals surface area (Å²) < 4.78 is 20.5. The molecule has 3 N–H and O–H groups in total. The molecule has 0 bridgehead atoms. The number of nitrogens with zero attached hydrogens (tertiary/aromatic N) is 2. The molecule has 108 valence electrons. The fraction of sp³-hybridized carbons (Fsp3) is 0.133. The molecule has 3 aromatic rings. The number of aliphatic hydroxyl groups is 1. The molecule has 0 aliphatic heterocycles. The topological polar surface area (TPSA) is 73.3 Å². The van der Waals surface area contributed by atoms with Gasteiger partial charge in [-0.05, 0) is 30.3 Å². The Morgan fingerprint density at radius 2 is 2.10 bits per heavy atom. The highest BCUT2D eigenvalue weighted by Gasteiger charge is 2.13. The van der Waals surface area contributed by atoms with Crippen molar-refractivity contribution in [3.8, 4) is 11.4 Å². The van der Waals surface area contributed by atoms with Gasteiger partial charge >= 0.3 is 0 Å². The van der Waals surface area contributed by atoms with Crippen molar-refractivity contribution in [2.75, 3.05) is 12.8 Å². The van der Waals surface area contributed by atoms with Crippen LogP contribution in [-0.4, -0.2) is 21.8 Å². The molecule has 5 nitrogen and oxygen atoms in total. The second kappa shape index (κ2) is 5.06. The molecular formula is C15H14FN3O2. The highest BCUT2D eigenvalue weighted by atomic mass is 19.1. The molecule has 3 rings (SSSR count). The summed E-state index contributed by atoms with van der Waals surface area (Å²) in [5.41, 5.74) is 8.27. The van der Waals surface area contributed by atoms with Gasteiger partial charge in [0.05, 0.1) is 23.8 Å². The first kappa shape index (κ1) is 13.4. The number of ether oxygens (including phenoxy) is 1. The normalized spacial score (nSPS) is 11.0. The number of anilines is 1. The molecule has 0 atom stereocenters. The third kappa shape index (κ3) is 2.19. The Bertz CT molecular complexity index is 814. The summed E-state index contributed by atoms with van der Waals surface area (Å²) in [4.78, 5) is 4.32. The maximum absolute atomic E-state index is 13.9. The second-order valence-corrected chi connectivity index (χ2v) is 4.59. The van der Waals surface area contributed by atoms with Crippen LogP contribution in [0.1, 0.15) is 5.82 Å². The number of imidazole rings is 1. The maximum atomic E-state index is 13.9. The van der Waals surface area contributed by atoms with E-state index in [2.05, 4.69) is 4.98 Å². The lowest BCUT2D eigenvalue weighted by atomic mass is 10.2. The standard InChI is InChI=1S/C15H14FN3O2/c1-21-14-5-3-10(7-11(14)16)19-13-4-2-9(17)6-12(13)18-15(19)8-20/h2-7,20H,8,17H2,1H3. The first-order valence-corrected chi connectivity index (χ1v) is 6.35. The first-order valence-electron chi connectivity index (χ1n) is 6.35. The van der Waals surface area contributed by atoms with E-state index < -0.39 is 5.82 Å². The predicted molar refractivity (Wildman–Crippen MR) is 77.9 cm³/mol. The number of benzene rings is 2. The number of aliphatic hydroxyl groups excluding tert-OH is 1. The second-order valence-electron chi connectivity index (χ2n) is 4.59. The molecule has 1 heterocycles. The molecule has 0 amide bonds. The number of halogens is 1. The number of nitrogens with two attached hydrogens (primary N) is 1. The minimum absolute atomic E-state index is 0.165. The summed E-state index contributed by atoms with van der Waals surface area (Å²) in [6, 6.07) is 9.83. The van der Waals surface area contributed by atoms with Crippen molar-refractivity contribution in [2.45, 2.75) is 6.61 Å². The van der Waals surface area contributed by atoms with Crippen molar-refractivity contribution >= 4 is 16.7 Å². The number of fused-ring (bicyclic) bond motifs is 1. The van der Waals surface area contributed by atoms with E-state index in [1.54, 1.807) is 28.8 Å². The Hall–Kier alpha value is -2.60. The largest absolute Gasteiger partial charge is 0.494 e. The lowest BCUT2D eigenvalue weighted by Crippen LogP contribution is -2.02. The van der Waals surface area contributed by atoms with Crippen LogP contribution in [0, 0.1) is 5.82 Å². The van der Waals surface area contributed by atoms with Gasteiger partial charge in [-0.25, -0.2) is 9.37 Å². The van der Waals surface area contributed by atoms with Crippen LogP contribution in [0.2, 0.25) is 0 Å². The van der Waals surface area contributed by atoms with E-state index in [9.17, 15) is 9.50 Å². The number of aromatic nitrogens is 2. The molecule has 0 saturated heterocycles. The number of hydrogen-bond acceptors (Lipinski definition) is 4. The van der Waals surface area contributed by atoms with Crippen LogP contribution in [0.15, 0.2) is 36.4 Å². The van der Waals surface area contributed by atoms with E-state index >= 15 is 0 Å². The first-order chi connectivity index (χ1) is 10.1. The molecular weight excluding hydrogens is 273 g/mol. The Balaban J connectivity index is 2.25. The SMILES string of the molecule is COc1ccc(-n2c(CO)nc3cc(N)ccc32)cc1F. The zero-order valence-corrected chi connectivity index (χ0v) is 11.4. The van der Waals surface area contributed by atoms with Crippen LogP contribution in [0.4, 0.5) is 10.1 Å². The third-order valence-electron chi connectivity index (χ3n) is 3.28. The Kier molecular flexibility index (Phi) is 3.23. The molecule has 6 heteroatoms. The summed E-state index contributed by atoms with van der Waals surface area (Å²) in [5, 5.41) is 9.49. The zero-order chi connectivity index (χ0) is 15.0. The van der Waals surface area contributed by atoms with Gasteiger partial charge in [0, 0.05) is 11.8 Å². The van der Waals surface area contributed by atoms with Crippen LogP contribution in [0.5, 0.6) is 5.75 Å². The predicted octanol–water partition coefficient (Wildman–Crippen LogP) is 2.25. The summed E-state index contributed by atoms with van der Waals surface area (Å²) in [7, 11) is 1.41. The number of methoxy groups -OCH3 is 1. The van der Waals surface area contributed by atoms with Crippen molar-refractivity contribution in [3.05, 3.63) is 48.0 Å². The molecule has 0 radical (unpaired) electrons. The van der Waals surface area contributed by atoms with Crippen molar-refractivity contribution in [1.29, 1.82) is 0 Å². The lowest BCUT2D eigenvalue weighted by Gasteiger charge is -2.10. The molecule has 0 aliphatic rings. The Morgan fingerprint density at radius 1 is 1.29 bits per heavy atom. The summed E-state index contributed by atoms with van der Waals surface area (Å²) in [6.45, 7) is -0.262. The molecule has 2 aromatic carbocycles. The van der Waals surface area contributed by atoms with Gasteiger partial charge in [-0.2, -0.15) is 0 Å². The van der Waals surface area contributed by atoms with Crippen molar-refractivity contribution < 1.29 is 14.2 Å². The fourth-order valence-corrected chi connectivity index (χ4v) is 2.34. The van der Waals surface area contributed by atoms with Gasteiger partial charge < -0.3 is 15.6 Å². The molecule has 0 spiro atoms. The van der Waals surface area contributed by atoms with Gasteiger partial charge in [-0.1, -0.05) is 0 Å². The van der Waals surface area contributed by atoms with Crippen LogP contribution in [0.25, 0.3) is 16.7 Å². The van der Waals surface area contributed by atoms with Crippen molar-refractivity contribution in [3.63, 3.8) is 0 Å². The quantitative estimate of drug-likeness (QED) is 0.725. The average Bonchev–Trinajstić information content (AvgIpc) is 2.84. The van der Waals surface area contributed by atoms with Gasteiger partial charge in [-0.3, -0.25) is 4.57 Å². The summed E-state index contributed by atoms with van der Waals surface area (Å²) in [5.74, 6) is 0.106. The monoisotopic (exact) mass is 287 g/mol. The van der Waals surface area contributed by atoms with Gasteiger partial charge in [-0.15, -0.1) is 0 Å². The van der Waals surface area contributed by atoms with Crippen LogP contribution < -0.4 is 10.5 Å². The smallest absolute Gasteiger partial charge is 0.167 e. The molecule has 1 aromatic heterocycles. The van der Waals surface area contributed by atoms with E-state index in [-0.39, 0.29) is 12.4 Å². The van der Waals surface area contributed by atoms with Gasteiger partial charge in [0.15, 0.2) is 11.6 Å². The molecule has 0 fully saturated rings. The van der Waals surface area contributed by atoms with E-state index in [4.69, 9.17) is 10.5 Å². The number of rotatable bonds is 3. The fourth-order valence-electron chi connectivity index (χ4n) is 2.34. The average molecular weight is 287 g/mol. The van der Waals surface area contributed by atoms with Crippen LogP contribution >= 0.6 is 0 Å².